The first-order valence-electron chi connectivity index (χ1n) is 11.9. The van der Waals surface area contributed by atoms with Crippen LogP contribution in [0.25, 0.3) is 44.3 Å². The minimum atomic E-state index is -0.975. The van der Waals surface area contributed by atoms with E-state index in [0.717, 1.165) is 32.7 Å². The van der Waals surface area contributed by atoms with Gasteiger partial charge in [-0.3, -0.25) is 4.98 Å². The summed E-state index contributed by atoms with van der Waals surface area (Å²) in [5.41, 5.74) is 2.60. The van der Waals surface area contributed by atoms with Crippen molar-refractivity contribution < 1.29 is 30.0 Å². The van der Waals surface area contributed by atoms with Crippen molar-refractivity contribution in [1.29, 1.82) is 0 Å². The average molecular weight is 693 g/mol. The van der Waals surface area contributed by atoms with Gasteiger partial charge in [-0.2, -0.15) is 10.2 Å². The van der Waals surface area contributed by atoms with E-state index in [1.54, 1.807) is 18.5 Å². The number of benzene rings is 2. The van der Waals surface area contributed by atoms with Crippen molar-refractivity contribution in [3.05, 3.63) is 103 Å². The zero-order valence-corrected chi connectivity index (χ0v) is 23.4. The summed E-state index contributed by atoms with van der Waals surface area (Å²) in [6, 6.07) is 19.3. The summed E-state index contributed by atoms with van der Waals surface area (Å²) in [6.07, 6.45) is 9.77. The van der Waals surface area contributed by atoms with Crippen LogP contribution in [0.3, 0.4) is 0 Å². The minimum Gasteiger partial charge on any atom is -0.477 e. The molecule has 0 saturated carbocycles. The number of pyridine rings is 3. The molecular weight excluding hydrogens is 671 g/mol. The van der Waals surface area contributed by atoms with Crippen LogP contribution in [0.15, 0.2) is 85.5 Å². The van der Waals surface area contributed by atoms with E-state index in [2.05, 4.69) is 41.5 Å². The number of fused-ring (bicyclic) bond motifs is 2. The van der Waals surface area contributed by atoms with Gasteiger partial charge in [0.2, 0.25) is 5.82 Å². The summed E-state index contributed by atoms with van der Waals surface area (Å²) in [7, 11) is 0. The van der Waals surface area contributed by atoms with Gasteiger partial charge in [0, 0.05) is 49.6 Å². The van der Waals surface area contributed by atoms with Crippen LogP contribution in [-0.4, -0.2) is 46.4 Å². The predicted octanol–water partition coefficient (Wildman–Crippen LogP) is 5.40. The molecule has 4 heterocycles. The Kier molecular flexibility index (Phi) is 8.70. The third-order valence-electron chi connectivity index (χ3n) is 5.89. The summed E-state index contributed by atoms with van der Waals surface area (Å²) in [5.74, 6) is 0.195. The van der Waals surface area contributed by atoms with Crippen LogP contribution in [-0.2, 0) is 20.1 Å². The van der Waals surface area contributed by atoms with Crippen LogP contribution < -0.4 is 0 Å². The molecule has 6 rings (SSSR count). The molecule has 2 aromatic carbocycles. The number of rotatable bonds is 4. The molecule has 0 atom stereocenters. The van der Waals surface area contributed by atoms with Crippen LogP contribution in [0, 0.1) is 6.20 Å². The van der Waals surface area contributed by atoms with E-state index >= 15 is 0 Å². The SMILES string of the molecule is CC(C)c1ccnc(C(=O)O)c1.[Ir].[c-]1ncc2ccccc2c1-c1nnc(-c2cncc3ccccc23)nn1. The smallest absolute Gasteiger partial charge is 0.354 e. The Morgan fingerprint density at radius 3 is 2.15 bits per heavy atom. The van der Waals surface area contributed by atoms with Crippen molar-refractivity contribution in [2.75, 3.05) is 0 Å². The molecule has 195 valence electrons. The second-order valence-electron chi connectivity index (χ2n) is 8.72. The first-order chi connectivity index (χ1) is 18.5. The molecule has 0 unspecified atom stereocenters. The topological polar surface area (TPSA) is 128 Å². The van der Waals surface area contributed by atoms with E-state index in [-0.39, 0.29) is 25.8 Å². The second kappa shape index (κ2) is 12.3. The van der Waals surface area contributed by atoms with Gasteiger partial charge in [-0.05, 0) is 41.4 Å². The van der Waals surface area contributed by atoms with Gasteiger partial charge in [0.1, 0.15) is 11.5 Å². The molecular formula is C29H22IrN7O2-. The molecule has 39 heavy (non-hydrogen) atoms. The molecule has 0 amide bonds. The Labute approximate surface area is 237 Å². The predicted molar refractivity (Wildman–Crippen MR) is 143 cm³/mol. The van der Waals surface area contributed by atoms with Crippen LogP contribution in [0.5, 0.6) is 0 Å². The zero-order valence-electron chi connectivity index (χ0n) is 21.0. The number of hydrogen-bond acceptors (Lipinski definition) is 8. The van der Waals surface area contributed by atoms with E-state index < -0.39 is 5.97 Å². The summed E-state index contributed by atoms with van der Waals surface area (Å²) >= 11 is 0. The molecule has 6 aromatic rings. The maximum absolute atomic E-state index is 10.5. The maximum Gasteiger partial charge on any atom is 0.354 e. The first kappa shape index (κ1) is 27.5. The monoisotopic (exact) mass is 693 g/mol. The Hall–Kier alpha value is -4.53. The number of aromatic nitrogens is 7. The Balaban J connectivity index is 0.000000231. The largest absolute Gasteiger partial charge is 0.477 e. The summed E-state index contributed by atoms with van der Waals surface area (Å²) in [4.78, 5) is 22.6. The quantitative estimate of drug-likeness (QED) is 0.242. The minimum absolute atomic E-state index is 0. The average Bonchev–Trinajstić information content (AvgIpc) is 2.97. The van der Waals surface area contributed by atoms with E-state index in [9.17, 15) is 4.79 Å². The molecule has 9 nitrogen and oxygen atoms in total. The molecule has 0 fully saturated rings. The third-order valence-corrected chi connectivity index (χ3v) is 5.89. The molecule has 10 heteroatoms. The number of carboxylic acids is 1. The molecule has 1 N–H and O–H groups in total. The van der Waals surface area contributed by atoms with Crippen molar-refractivity contribution in [3.63, 3.8) is 0 Å². The first-order valence-corrected chi connectivity index (χ1v) is 11.9. The fourth-order valence-corrected chi connectivity index (χ4v) is 3.89. The van der Waals surface area contributed by atoms with Gasteiger partial charge >= 0.3 is 5.97 Å². The molecule has 1 radical (unpaired) electrons. The van der Waals surface area contributed by atoms with Crippen LogP contribution in [0.4, 0.5) is 0 Å². The van der Waals surface area contributed by atoms with Crippen molar-refractivity contribution in [2.45, 2.75) is 19.8 Å². The summed E-state index contributed by atoms with van der Waals surface area (Å²) in [6.45, 7) is 4.03. The molecule has 0 aliphatic heterocycles. The van der Waals surface area contributed by atoms with Crippen molar-refractivity contribution >= 4 is 27.5 Å². The van der Waals surface area contributed by atoms with Gasteiger partial charge in [-0.15, -0.1) is 10.2 Å². The number of carbonyl (C=O) groups is 1. The van der Waals surface area contributed by atoms with E-state index in [0.29, 0.717) is 23.1 Å². The zero-order chi connectivity index (χ0) is 26.5. The van der Waals surface area contributed by atoms with Crippen LogP contribution in [0.1, 0.15) is 35.8 Å². The van der Waals surface area contributed by atoms with E-state index in [4.69, 9.17) is 5.11 Å². The van der Waals surface area contributed by atoms with Gasteiger partial charge in [-0.25, -0.2) is 9.78 Å². The van der Waals surface area contributed by atoms with Crippen LogP contribution >= 0.6 is 0 Å². The summed E-state index contributed by atoms with van der Waals surface area (Å²) in [5, 5.41) is 29.7. The van der Waals surface area contributed by atoms with Crippen LogP contribution in [0.2, 0.25) is 0 Å². The summed E-state index contributed by atoms with van der Waals surface area (Å²) < 4.78 is 0. The Morgan fingerprint density at radius 2 is 1.46 bits per heavy atom. The third kappa shape index (κ3) is 6.14. The standard InChI is InChI=1S/C20H11N6.C9H11NO2.Ir/c1-3-7-15-13(5-1)9-21-11-17(15)19-23-25-20(26-24-19)18-12-22-10-14-6-2-4-8-16(14)18;1-6(2)7-3-4-10-8(5-7)9(11)12;/h1-11H;3-6H,1-2H3,(H,11,12);/q-1;;. The number of aromatic carboxylic acids is 1. The van der Waals surface area contributed by atoms with E-state index in [1.807, 2.05) is 74.6 Å². The molecule has 0 aliphatic rings. The van der Waals surface area contributed by atoms with Gasteiger partial charge < -0.3 is 10.1 Å². The number of hydrogen-bond donors (Lipinski definition) is 1. The molecule has 0 spiro atoms. The van der Waals surface area contributed by atoms with Gasteiger partial charge in [-0.1, -0.05) is 78.7 Å². The molecule has 0 saturated heterocycles. The van der Waals surface area contributed by atoms with Crippen molar-refractivity contribution in [1.82, 2.24) is 35.3 Å². The van der Waals surface area contributed by atoms with Gasteiger partial charge in [0.05, 0.1) is 0 Å². The molecule has 0 bridgehead atoms. The normalized spacial score (nSPS) is 10.5. The maximum atomic E-state index is 10.5. The van der Waals surface area contributed by atoms with Crippen molar-refractivity contribution in [2.24, 2.45) is 0 Å². The van der Waals surface area contributed by atoms with E-state index in [1.165, 1.54) is 6.20 Å². The van der Waals surface area contributed by atoms with Gasteiger partial charge in [0.15, 0.2) is 0 Å². The fourth-order valence-electron chi connectivity index (χ4n) is 3.89. The number of nitrogens with zero attached hydrogens (tertiary/aromatic N) is 7. The van der Waals surface area contributed by atoms with Gasteiger partial charge in [0.25, 0.3) is 0 Å². The Morgan fingerprint density at radius 1 is 0.821 bits per heavy atom. The molecule has 4 aromatic heterocycles. The fraction of sp³-hybridized carbons (Fsp3) is 0.103. The Bertz CT molecular complexity index is 1640. The molecule has 0 aliphatic carbocycles. The van der Waals surface area contributed by atoms with Crippen molar-refractivity contribution in [3.8, 4) is 22.8 Å². The second-order valence-corrected chi connectivity index (χ2v) is 8.72. The number of carboxylic acid groups (broad SMARTS) is 1.